The summed E-state index contributed by atoms with van der Waals surface area (Å²) in [6.07, 6.45) is 0. The molecule has 0 rings (SSSR count). The van der Waals surface area contributed by atoms with E-state index in [0.717, 1.165) is 0 Å². The quantitative estimate of drug-likeness (QED) is 0.247. The van der Waals surface area contributed by atoms with Crippen molar-refractivity contribution in [1.29, 1.82) is 0 Å². The van der Waals surface area contributed by atoms with Crippen molar-refractivity contribution >= 4 is 91.4 Å². The third-order valence-corrected chi connectivity index (χ3v) is 0. The van der Waals surface area contributed by atoms with Crippen molar-refractivity contribution in [2.24, 2.45) is 0 Å². The molecular formula is H15AgAlGdGeNbOSiSr. The SMILES string of the molecule is O.[Ag].[AlH3].[Gd].[GeH4].[Nb].[SiH4].[SrH2]. The Morgan fingerprint density at radius 2 is 1.00 bits per heavy atom. The van der Waals surface area contributed by atoms with Gasteiger partial charge in [0.15, 0.2) is 17.4 Å². The summed E-state index contributed by atoms with van der Waals surface area (Å²) in [4.78, 5) is 0. The first-order valence-electron chi connectivity index (χ1n) is 0. The molecule has 0 aromatic carbocycles. The zero-order valence-electron chi connectivity index (χ0n) is 1.60. The summed E-state index contributed by atoms with van der Waals surface area (Å²) in [5.41, 5.74) is 0. The van der Waals surface area contributed by atoms with Gasteiger partial charge in [0.1, 0.15) is 0 Å². The van der Waals surface area contributed by atoms with E-state index in [1.807, 2.05) is 0 Å². The molecule has 2 N–H and O–H groups in total. The van der Waals surface area contributed by atoms with Gasteiger partial charge in [-0.25, -0.2) is 0 Å². The van der Waals surface area contributed by atoms with Gasteiger partial charge in [-0.05, 0) is 11.0 Å². The Morgan fingerprint density at radius 3 is 1.00 bits per heavy atom. The van der Waals surface area contributed by atoms with Gasteiger partial charge in [0.2, 0.25) is 0 Å². The van der Waals surface area contributed by atoms with Gasteiger partial charge in [-0.2, -0.15) is 0 Å². The van der Waals surface area contributed by atoms with Gasteiger partial charge in [-0.1, -0.05) is 0 Å². The average molecular weight is 604 g/mol. The molecule has 0 amide bonds. The van der Waals surface area contributed by atoms with Crippen LogP contribution < -0.4 is 0 Å². The minimum absolute atomic E-state index is 0. The van der Waals surface area contributed by atoms with Crippen LogP contribution in [-0.2, 0) is 44.8 Å². The third-order valence-electron chi connectivity index (χ3n) is 0. The summed E-state index contributed by atoms with van der Waals surface area (Å²) in [6, 6.07) is 0. The van der Waals surface area contributed by atoms with Crippen LogP contribution in [0.3, 0.4) is 0 Å². The molecule has 0 aromatic heterocycles. The number of hydrogen-bond donors (Lipinski definition) is 0. The Kier molecular flexibility index (Phi) is 472. The van der Waals surface area contributed by atoms with E-state index < -0.39 is 0 Å². The zero-order chi connectivity index (χ0) is 0. The van der Waals surface area contributed by atoms with E-state index in [1.165, 1.54) is 0 Å². The molecule has 8 heavy (non-hydrogen) atoms. The summed E-state index contributed by atoms with van der Waals surface area (Å²) < 4.78 is 0. The van der Waals surface area contributed by atoms with Crippen LogP contribution in [0.15, 0.2) is 0 Å². The van der Waals surface area contributed by atoms with Crippen molar-refractivity contribution in [3.63, 3.8) is 0 Å². The number of rotatable bonds is 0. The van der Waals surface area contributed by atoms with Crippen molar-refractivity contribution in [2.45, 2.75) is 0 Å². The molecule has 0 saturated carbocycles. The van der Waals surface area contributed by atoms with Gasteiger partial charge in [0.05, 0.1) is 0 Å². The monoisotopic (exact) mass is 606 g/mol. The second-order valence-corrected chi connectivity index (χ2v) is 0. The van der Waals surface area contributed by atoms with Crippen LogP contribution in [0.25, 0.3) is 0 Å². The van der Waals surface area contributed by atoms with Crippen molar-refractivity contribution in [3.05, 3.63) is 0 Å². The molecule has 1 nitrogen and oxygen atoms in total. The molecule has 0 fully saturated rings. The molecule has 2 radical (unpaired) electrons. The molecule has 0 aromatic rings. The fraction of sp³-hybridized carbons (Fsp3) is 0. The first-order chi connectivity index (χ1) is 0. The van der Waals surface area contributed by atoms with Crippen molar-refractivity contribution in [3.8, 4) is 0 Å². The molecular weight excluding hydrogens is 589 g/mol. The topological polar surface area (TPSA) is 31.5 Å². The zero-order valence-corrected chi connectivity index (χ0v) is 7.55. The van der Waals surface area contributed by atoms with Gasteiger partial charge >= 0.3 is 63.1 Å². The molecule has 0 aliphatic rings. The van der Waals surface area contributed by atoms with Gasteiger partial charge in [0.25, 0.3) is 0 Å². The van der Waals surface area contributed by atoms with Crippen LogP contribution in [0.2, 0.25) is 0 Å². The number of hydrogen-bond acceptors (Lipinski definition) is 0. The van der Waals surface area contributed by atoms with Gasteiger partial charge in [-0.3, -0.25) is 0 Å². The molecule has 0 atom stereocenters. The van der Waals surface area contributed by atoms with E-state index >= 15 is 0 Å². The normalized spacial score (nSPS) is 0. The van der Waals surface area contributed by atoms with E-state index in [1.54, 1.807) is 0 Å². The molecule has 0 saturated heterocycles. The fourth-order valence-corrected chi connectivity index (χ4v) is 0. The van der Waals surface area contributed by atoms with E-state index in [0.29, 0.717) is 0 Å². The van der Waals surface area contributed by atoms with E-state index in [-0.39, 0.29) is 182 Å². The Bertz CT molecular complexity index is 24.0. The van der Waals surface area contributed by atoms with Crippen molar-refractivity contribution in [1.82, 2.24) is 0 Å². The molecule has 58 valence electrons. The molecule has 0 spiro atoms. The predicted octanol–water partition coefficient (Wildman–Crippen LogP) is -5.83. The van der Waals surface area contributed by atoms with E-state index in [9.17, 15) is 0 Å². The third kappa shape index (κ3) is 41.8. The second kappa shape index (κ2) is 54.4. The van der Waals surface area contributed by atoms with Crippen LogP contribution in [0.1, 0.15) is 0 Å². The first kappa shape index (κ1) is 69.4. The summed E-state index contributed by atoms with van der Waals surface area (Å²) in [6.45, 7) is 0. The average Bonchev–Trinajstić information content (AvgIpc) is 0. The fourth-order valence-electron chi connectivity index (χ4n) is 0. The van der Waals surface area contributed by atoms with Crippen LogP contribution in [0.5, 0.6) is 0 Å². The Hall–Kier alpha value is 5.54. The minimum atomic E-state index is 0. The summed E-state index contributed by atoms with van der Waals surface area (Å²) in [7, 11) is 0. The molecule has 0 aliphatic carbocycles. The summed E-state index contributed by atoms with van der Waals surface area (Å²) >= 11 is 0. The Morgan fingerprint density at radius 1 is 1.00 bits per heavy atom. The van der Waals surface area contributed by atoms with Gasteiger partial charge in [-0.15, -0.1) is 0 Å². The van der Waals surface area contributed by atoms with Crippen LogP contribution in [0, 0.1) is 39.9 Å². The van der Waals surface area contributed by atoms with E-state index in [4.69, 9.17) is 0 Å². The molecule has 0 heterocycles. The summed E-state index contributed by atoms with van der Waals surface area (Å²) in [5, 5.41) is 0. The standard InChI is InChI=1S/Ag.Al.Gd.GeH4.Nb.H2O.H4Si.Sr.5H/h;;;1H4;;1H2;1H4;;;;;;. The molecule has 0 bridgehead atoms. The Balaban J connectivity index is 0. The maximum absolute atomic E-state index is 0. The maximum atomic E-state index is 0. The molecule has 8 heteroatoms. The van der Waals surface area contributed by atoms with Gasteiger partial charge < -0.3 is 5.48 Å². The predicted molar refractivity (Wildman–Crippen MR) is 44.8 cm³/mol. The Labute approximate surface area is 176 Å². The molecule has 0 aliphatic heterocycles. The second-order valence-electron chi connectivity index (χ2n) is 0. The van der Waals surface area contributed by atoms with Crippen LogP contribution >= 0.6 is 0 Å². The molecule has 0 unspecified atom stereocenters. The van der Waals surface area contributed by atoms with Crippen molar-refractivity contribution in [2.75, 3.05) is 0 Å². The van der Waals surface area contributed by atoms with Crippen molar-refractivity contribution < 1.29 is 90.2 Å². The van der Waals surface area contributed by atoms with Crippen LogP contribution in [0.4, 0.5) is 0 Å². The van der Waals surface area contributed by atoms with Gasteiger partial charge in [0, 0.05) is 84.7 Å². The summed E-state index contributed by atoms with van der Waals surface area (Å²) in [5.74, 6) is 0. The van der Waals surface area contributed by atoms with E-state index in [2.05, 4.69) is 0 Å². The first-order valence-corrected chi connectivity index (χ1v) is 0. The van der Waals surface area contributed by atoms with Crippen LogP contribution in [-0.4, -0.2) is 96.9 Å².